The number of aliphatic hydroxyl groups is 1. The Labute approximate surface area is 86.7 Å². The van der Waals surface area contributed by atoms with Crippen molar-refractivity contribution < 1.29 is 18.3 Å². The fourth-order valence-corrected chi connectivity index (χ4v) is 1.48. The summed E-state index contributed by atoms with van der Waals surface area (Å²) in [5.74, 6) is 0. The van der Waals surface area contributed by atoms with Gasteiger partial charge in [-0.25, -0.2) is 0 Å². The van der Waals surface area contributed by atoms with Gasteiger partial charge >= 0.3 is 6.18 Å². The Kier molecular flexibility index (Phi) is 3.54. The molecule has 0 aromatic carbocycles. The van der Waals surface area contributed by atoms with Crippen LogP contribution in [-0.4, -0.2) is 21.5 Å². The lowest BCUT2D eigenvalue weighted by Gasteiger charge is -2.02. The third-order valence-electron chi connectivity index (χ3n) is 1.53. The minimum Gasteiger partial charge on any atom is -0.396 e. The molecule has 1 aromatic heterocycles. The molecule has 0 atom stereocenters. The molecular weight excluding hydrogens is 265 g/mol. The maximum atomic E-state index is 12.2. The first-order valence-electron chi connectivity index (χ1n) is 3.86. The second-order valence-corrected chi connectivity index (χ2v) is 3.52. The van der Waals surface area contributed by atoms with E-state index in [0.29, 0.717) is 6.42 Å². The Morgan fingerprint density at radius 2 is 2.14 bits per heavy atom. The van der Waals surface area contributed by atoms with Crippen molar-refractivity contribution in [2.75, 3.05) is 6.61 Å². The van der Waals surface area contributed by atoms with Crippen LogP contribution in [0.2, 0.25) is 0 Å². The molecule has 0 radical (unpaired) electrons. The minimum absolute atomic E-state index is 0.0706. The van der Waals surface area contributed by atoms with E-state index in [4.69, 9.17) is 5.11 Å². The predicted octanol–water partition coefficient (Wildman–Crippen LogP) is 2.05. The van der Waals surface area contributed by atoms with Crippen LogP contribution >= 0.6 is 15.9 Å². The molecule has 0 unspecified atom stereocenters. The minimum atomic E-state index is -4.44. The van der Waals surface area contributed by atoms with Crippen LogP contribution in [-0.2, 0) is 12.7 Å². The number of rotatable bonds is 3. The molecule has 1 rings (SSSR count). The number of alkyl halides is 3. The molecule has 1 aromatic rings. The van der Waals surface area contributed by atoms with Crippen LogP contribution in [0.4, 0.5) is 13.2 Å². The third-order valence-corrected chi connectivity index (χ3v) is 2.11. The molecule has 7 heteroatoms. The lowest BCUT2D eigenvalue weighted by Crippen LogP contribution is -2.09. The van der Waals surface area contributed by atoms with E-state index in [1.807, 2.05) is 0 Å². The first-order chi connectivity index (χ1) is 6.45. The molecular formula is C7H8BrF3N2O. The van der Waals surface area contributed by atoms with Gasteiger partial charge in [-0.3, -0.25) is 4.68 Å². The fraction of sp³-hybridized carbons (Fsp3) is 0.571. The summed E-state index contributed by atoms with van der Waals surface area (Å²) >= 11 is 2.78. The van der Waals surface area contributed by atoms with Crippen molar-refractivity contribution in [2.45, 2.75) is 19.1 Å². The van der Waals surface area contributed by atoms with Crippen molar-refractivity contribution in [3.05, 3.63) is 16.4 Å². The van der Waals surface area contributed by atoms with Crippen LogP contribution in [0.25, 0.3) is 0 Å². The van der Waals surface area contributed by atoms with E-state index >= 15 is 0 Å². The number of aryl methyl sites for hydroxylation is 1. The molecule has 0 saturated heterocycles. The van der Waals surface area contributed by atoms with Gasteiger partial charge in [0.15, 0.2) is 5.69 Å². The molecule has 0 saturated carbocycles. The lowest BCUT2D eigenvalue weighted by molar-refractivity contribution is -0.142. The number of nitrogens with zero attached hydrogens (tertiary/aromatic N) is 2. The molecule has 0 aliphatic carbocycles. The molecule has 14 heavy (non-hydrogen) atoms. The van der Waals surface area contributed by atoms with E-state index in [2.05, 4.69) is 21.0 Å². The molecule has 1 N–H and O–H groups in total. The van der Waals surface area contributed by atoms with E-state index in [1.54, 1.807) is 0 Å². The quantitative estimate of drug-likeness (QED) is 0.915. The Hall–Kier alpha value is -0.560. The Morgan fingerprint density at radius 3 is 2.57 bits per heavy atom. The average molecular weight is 273 g/mol. The number of hydrogen-bond donors (Lipinski definition) is 1. The summed E-state index contributed by atoms with van der Waals surface area (Å²) in [4.78, 5) is 0. The Bertz CT molecular complexity index is 310. The molecule has 0 aliphatic heterocycles. The van der Waals surface area contributed by atoms with Gasteiger partial charge in [0.25, 0.3) is 0 Å². The zero-order chi connectivity index (χ0) is 10.8. The van der Waals surface area contributed by atoms with Crippen LogP contribution in [0, 0.1) is 0 Å². The highest BCUT2D eigenvalue weighted by atomic mass is 79.9. The summed E-state index contributed by atoms with van der Waals surface area (Å²) < 4.78 is 37.8. The number of aliphatic hydroxyl groups excluding tert-OH is 1. The highest BCUT2D eigenvalue weighted by molar-refractivity contribution is 9.10. The fourth-order valence-electron chi connectivity index (χ4n) is 0.936. The van der Waals surface area contributed by atoms with Crippen molar-refractivity contribution in [3.63, 3.8) is 0 Å². The van der Waals surface area contributed by atoms with Crippen LogP contribution in [0.1, 0.15) is 12.1 Å². The second-order valence-electron chi connectivity index (χ2n) is 2.66. The Balaban J connectivity index is 2.83. The average Bonchev–Trinajstić information content (AvgIpc) is 2.42. The number of halogens is 4. The van der Waals surface area contributed by atoms with Crippen molar-refractivity contribution in [1.82, 2.24) is 9.78 Å². The van der Waals surface area contributed by atoms with Crippen LogP contribution in [0.3, 0.4) is 0 Å². The van der Waals surface area contributed by atoms with E-state index in [9.17, 15) is 13.2 Å². The summed E-state index contributed by atoms with van der Waals surface area (Å²) in [5, 5.41) is 11.8. The van der Waals surface area contributed by atoms with E-state index < -0.39 is 11.9 Å². The maximum Gasteiger partial charge on any atom is 0.436 e. The monoisotopic (exact) mass is 272 g/mol. The van der Waals surface area contributed by atoms with E-state index in [-0.39, 0.29) is 17.6 Å². The molecule has 0 fully saturated rings. The van der Waals surface area contributed by atoms with Gasteiger partial charge in [0.2, 0.25) is 0 Å². The zero-order valence-electron chi connectivity index (χ0n) is 7.05. The van der Waals surface area contributed by atoms with E-state index in [0.717, 1.165) is 4.68 Å². The molecule has 3 nitrogen and oxygen atoms in total. The zero-order valence-corrected chi connectivity index (χ0v) is 8.64. The molecule has 0 spiro atoms. The first kappa shape index (κ1) is 11.5. The van der Waals surface area contributed by atoms with Crippen LogP contribution in [0.15, 0.2) is 10.7 Å². The molecule has 0 amide bonds. The summed E-state index contributed by atoms with van der Waals surface area (Å²) in [6.07, 6.45) is -2.81. The van der Waals surface area contributed by atoms with Crippen LogP contribution < -0.4 is 0 Å². The van der Waals surface area contributed by atoms with Crippen molar-refractivity contribution >= 4 is 15.9 Å². The molecule has 0 aliphatic rings. The van der Waals surface area contributed by atoms with Gasteiger partial charge in [0.05, 0.1) is 4.47 Å². The Morgan fingerprint density at radius 1 is 1.50 bits per heavy atom. The normalized spacial score (nSPS) is 12.1. The SMILES string of the molecule is OCCCn1cc(Br)c(C(F)(F)F)n1. The molecule has 1 heterocycles. The van der Waals surface area contributed by atoms with Gasteiger partial charge in [-0.15, -0.1) is 0 Å². The first-order valence-corrected chi connectivity index (χ1v) is 4.65. The molecule has 0 bridgehead atoms. The molecule has 80 valence electrons. The second kappa shape index (κ2) is 4.31. The van der Waals surface area contributed by atoms with Crippen molar-refractivity contribution in [1.29, 1.82) is 0 Å². The third kappa shape index (κ3) is 2.71. The topological polar surface area (TPSA) is 38.0 Å². The standard InChI is InChI=1S/C7H8BrF3N2O/c8-5-4-13(2-1-3-14)12-6(5)7(9,10)11/h4,14H,1-3H2. The summed E-state index contributed by atoms with van der Waals surface area (Å²) in [6, 6.07) is 0. The van der Waals surface area contributed by atoms with Gasteiger partial charge in [-0.2, -0.15) is 18.3 Å². The van der Waals surface area contributed by atoms with Gasteiger partial charge in [0.1, 0.15) is 0 Å². The van der Waals surface area contributed by atoms with Gasteiger partial charge in [-0.1, -0.05) is 0 Å². The smallest absolute Gasteiger partial charge is 0.396 e. The van der Waals surface area contributed by atoms with Gasteiger partial charge < -0.3 is 5.11 Å². The maximum absolute atomic E-state index is 12.2. The predicted molar refractivity (Wildman–Crippen MR) is 46.6 cm³/mol. The van der Waals surface area contributed by atoms with Gasteiger partial charge in [0, 0.05) is 19.3 Å². The highest BCUT2D eigenvalue weighted by Crippen LogP contribution is 2.33. The number of aromatic nitrogens is 2. The van der Waals surface area contributed by atoms with Crippen LogP contribution in [0.5, 0.6) is 0 Å². The van der Waals surface area contributed by atoms with Crippen molar-refractivity contribution in [2.24, 2.45) is 0 Å². The van der Waals surface area contributed by atoms with Crippen molar-refractivity contribution in [3.8, 4) is 0 Å². The number of hydrogen-bond acceptors (Lipinski definition) is 2. The largest absolute Gasteiger partial charge is 0.436 e. The summed E-state index contributed by atoms with van der Waals surface area (Å²) in [7, 11) is 0. The summed E-state index contributed by atoms with van der Waals surface area (Å²) in [5.41, 5.74) is -0.935. The summed E-state index contributed by atoms with van der Waals surface area (Å²) in [6.45, 7) is 0.198. The van der Waals surface area contributed by atoms with E-state index in [1.165, 1.54) is 6.20 Å². The lowest BCUT2D eigenvalue weighted by atomic mass is 10.4. The highest BCUT2D eigenvalue weighted by Gasteiger charge is 2.36. The van der Waals surface area contributed by atoms with Gasteiger partial charge in [-0.05, 0) is 22.4 Å².